The summed E-state index contributed by atoms with van der Waals surface area (Å²) in [4.78, 5) is 26.2. The Kier molecular flexibility index (Phi) is 5.13. The Hall–Kier alpha value is -2.08. The maximum Gasteiger partial charge on any atom is 0.281 e. The Bertz CT molecular complexity index is 446. The summed E-state index contributed by atoms with van der Waals surface area (Å²) in [6.07, 6.45) is 0. The fraction of sp³-hybridized carbons (Fsp3) is 0.333. The maximum atomic E-state index is 11.3. The third-order valence-corrected chi connectivity index (χ3v) is 2.10. The zero-order valence-electron chi connectivity index (χ0n) is 10.4. The van der Waals surface area contributed by atoms with Crippen LogP contribution in [0, 0.1) is 13.8 Å². The monoisotopic (exact) mass is 252 g/mol. The SMILES string of the molecule is Cc1ccc(C)c(OCC(=O)NOCC(N)=O)c1. The topological polar surface area (TPSA) is 90.7 Å². The third-order valence-electron chi connectivity index (χ3n) is 2.10. The van der Waals surface area contributed by atoms with E-state index in [2.05, 4.69) is 10.3 Å². The molecule has 6 nitrogen and oxygen atoms in total. The number of amides is 2. The number of benzene rings is 1. The van der Waals surface area contributed by atoms with Gasteiger partial charge in [-0.25, -0.2) is 5.48 Å². The van der Waals surface area contributed by atoms with Crippen LogP contribution >= 0.6 is 0 Å². The van der Waals surface area contributed by atoms with Crippen LogP contribution in [-0.2, 0) is 14.4 Å². The number of ether oxygens (including phenoxy) is 1. The van der Waals surface area contributed by atoms with Crippen molar-refractivity contribution in [1.82, 2.24) is 5.48 Å². The van der Waals surface area contributed by atoms with Gasteiger partial charge in [0.25, 0.3) is 5.91 Å². The van der Waals surface area contributed by atoms with E-state index in [1.54, 1.807) is 0 Å². The first-order valence-corrected chi connectivity index (χ1v) is 5.38. The molecule has 0 unspecified atom stereocenters. The predicted octanol–water partition coefficient (Wildman–Crippen LogP) is 0.215. The minimum absolute atomic E-state index is 0.191. The van der Waals surface area contributed by atoms with Crippen LogP contribution in [0.2, 0.25) is 0 Å². The van der Waals surface area contributed by atoms with Crippen molar-refractivity contribution >= 4 is 11.8 Å². The van der Waals surface area contributed by atoms with Crippen molar-refractivity contribution in [3.8, 4) is 5.75 Å². The molecule has 1 rings (SSSR count). The average Bonchev–Trinajstić information content (AvgIpc) is 2.30. The van der Waals surface area contributed by atoms with Gasteiger partial charge in [0.2, 0.25) is 5.91 Å². The first-order valence-electron chi connectivity index (χ1n) is 5.38. The molecule has 0 radical (unpaired) electrons. The van der Waals surface area contributed by atoms with Crippen LogP contribution in [0.4, 0.5) is 0 Å². The van der Waals surface area contributed by atoms with Crippen molar-refractivity contribution in [2.45, 2.75) is 13.8 Å². The second kappa shape index (κ2) is 6.61. The quantitative estimate of drug-likeness (QED) is 0.708. The van der Waals surface area contributed by atoms with Crippen LogP contribution < -0.4 is 16.0 Å². The van der Waals surface area contributed by atoms with Crippen LogP contribution in [0.5, 0.6) is 5.75 Å². The number of carbonyl (C=O) groups excluding carboxylic acids is 2. The Labute approximate surface area is 105 Å². The molecule has 98 valence electrons. The van der Waals surface area contributed by atoms with E-state index in [0.29, 0.717) is 5.75 Å². The second-order valence-electron chi connectivity index (χ2n) is 3.84. The fourth-order valence-electron chi connectivity index (χ4n) is 1.22. The molecule has 2 amide bonds. The largest absolute Gasteiger partial charge is 0.483 e. The van der Waals surface area contributed by atoms with Crippen molar-refractivity contribution in [2.24, 2.45) is 5.73 Å². The van der Waals surface area contributed by atoms with Crippen LogP contribution in [0.25, 0.3) is 0 Å². The van der Waals surface area contributed by atoms with Gasteiger partial charge in [-0.3, -0.25) is 14.4 Å². The van der Waals surface area contributed by atoms with Crippen molar-refractivity contribution in [3.63, 3.8) is 0 Å². The third kappa shape index (κ3) is 4.84. The van der Waals surface area contributed by atoms with E-state index in [1.165, 1.54) is 0 Å². The summed E-state index contributed by atoms with van der Waals surface area (Å²) < 4.78 is 5.33. The Morgan fingerprint density at radius 1 is 1.28 bits per heavy atom. The number of carbonyl (C=O) groups is 2. The molecule has 0 aliphatic carbocycles. The van der Waals surface area contributed by atoms with Crippen LogP contribution in [-0.4, -0.2) is 25.0 Å². The van der Waals surface area contributed by atoms with Crippen LogP contribution in [0.15, 0.2) is 18.2 Å². The average molecular weight is 252 g/mol. The second-order valence-corrected chi connectivity index (χ2v) is 3.84. The molecule has 0 heterocycles. The van der Waals surface area contributed by atoms with E-state index in [0.717, 1.165) is 11.1 Å². The molecule has 0 spiro atoms. The molecule has 6 heteroatoms. The van der Waals surface area contributed by atoms with Gasteiger partial charge in [-0.2, -0.15) is 0 Å². The number of hydrogen-bond acceptors (Lipinski definition) is 4. The van der Waals surface area contributed by atoms with Crippen LogP contribution in [0.3, 0.4) is 0 Å². The number of nitrogens with one attached hydrogen (secondary N) is 1. The Morgan fingerprint density at radius 3 is 2.67 bits per heavy atom. The van der Waals surface area contributed by atoms with Gasteiger partial charge in [0.15, 0.2) is 13.2 Å². The summed E-state index contributed by atoms with van der Waals surface area (Å²) in [5.74, 6) is -0.511. The number of nitrogens with two attached hydrogens (primary N) is 1. The van der Waals surface area contributed by atoms with Gasteiger partial charge in [-0.05, 0) is 31.0 Å². The van der Waals surface area contributed by atoms with Gasteiger partial charge in [-0.15, -0.1) is 0 Å². The molecule has 1 aromatic rings. The standard InChI is InChI=1S/C12H16N2O4/c1-8-3-4-9(2)10(5-8)17-7-12(16)14-18-6-11(13)15/h3-5H,6-7H2,1-2H3,(H2,13,15)(H,14,16). The number of aryl methyl sites for hydroxylation is 2. The van der Waals surface area contributed by atoms with Gasteiger partial charge in [0, 0.05) is 0 Å². The molecule has 18 heavy (non-hydrogen) atoms. The molecule has 0 atom stereocenters. The Morgan fingerprint density at radius 2 is 2.00 bits per heavy atom. The van der Waals surface area contributed by atoms with Gasteiger partial charge in [-0.1, -0.05) is 12.1 Å². The zero-order valence-corrected chi connectivity index (χ0v) is 10.4. The lowest BCUT2D eigenvalue weighted by Crippen LogP contribution is -2.32. The number of hydrogen-bond donors (Lipinski definition) is 2. The van der Waals surface area contributed by atoms with E-state index < -0.39 is 11.8 Å². The van der Waals surface area contributed by atoms with E-state index in [9.17, 15) is 9.59 Å². The summed E-state index contributed by atoms with van der Waals surface area (Å²) in [5.41, 5.74) is 8.87. The molecule has 0 saturated heterocycles. The van der Waals surface area contributed by atoms with Crippen molar-refractivity contribution < 1.29 is 19.2 Å². The van der Waals surface area contributed by atoms with Crippen molar-refractivity contribution in [1.29, 1.82) is 0 Å². The molecule has 0 aromatic heterocycles. The summed E-state index contributed by atoms with van der Waals surface area (Å²) >= 11 is 0. The molecule has 3 N–H and O–H groups in total. The lowest BCUT2D eigenvalue weighted by atomic mass is 10.1. The Balaban J connectivity index is 2.38. The molecular formula is C12H16N2O4. The minimum Gasteiger partial charge on any atom is -0.483 e. The highest BCUT2D eigenvalue weighted by Crippen LogP contribution is 2.18. The highest BCUT2D eigenvalue weighted by molar-refractivity contribution is 5.77. The highest BCUT2D eigenvalue weighted by Gasteiger charge is 2.05. The summed E-state index contributed by atoms with van der Waals surface area (Å²) in [5, 5.41) is 0. The molecule has 0 saturated carbocycles. The molecule has 1 aromatic carbocycles. The molecular weight excluding hydrogens is 236 g/mol. The van der Waals surface area contributed by atoms with Gasteiger partial charge in [0.05, 0.1) is 0 Å². The summed E-state index contributed by atoms with van der Waals surface area (Å²) in [6, 6.07) is 5.71. The number of hydroxylamine groups is 1. The van der Waals surface area contributed by atoms with Gasteiger partial charge >= 0.3 is 0 Å². The van der Waals surface area contributed by atoms with Gasteiger partial charge in [0.1, 0.15) is 5.75 Å². The zero-order chi connectivity index (χ0) is 13.5. The van der Waals surface area contributed by atoms with E-state index in [4.69, 9.17) is 10.5 Å². The maximum absolute atomic E-state index is 11.3. The van der Waals surface area contributed by atoms with Gasteiger partial charge < -0.3 is 10.5 Å². The predicted molar refractivity (Wildman–Crippen MR) is 64.7 cm³/mol. The number of rotatable bonds is 6. The first kappa shape index (κ1) is 14.0. The van der Waals surface area contributed by atoms with E-state index >= 15 is 0 Å². The highest BCUT2D eigenvalue weighted by atomic mass is 16.7. The number of primary amides is 1. The lowest BCUT2D eigenvalue weighted by molar-refractivity contribution is -0.139. The van der Waals surface area contributed by atoms with E-state index in [-0.39, 0.29) is 13.2 Å². The first-order chi connectivity index (χ1) is 8.49. The molecule has 0 bridgehead atoms. The molecule has 0 fully saturated rings. The fourth-order valence-corrected chi connectivity index (χ4v) is 1.22. The summed E-state index contributed by atoms with van der Waals surface area (Å²) in [6.45, 7) is 3.26. The van der Waals surface area contributed by atoms with Crippen LogP contribution in [0.1, 0.15) is 11.1 Å². The molecule has 0 aliphatic heterocycles. The normalized spacial score (nSPS) is 9.89. The smallest absolute Gasteiger partial charge is 0.281 e. The van der Waals surface area contributed by atoms with Crippen molar-refractivity contribution in [3.05, 3.63) is 29.3 Å². The molecule has 0 aliphatic rings. The summed E-state index contributed by atoms with van der Waals surface area (Å²) in [7, 11) is 0. The van der Waals surface area contributed by atoms with E-state index in [1.807, 2.05) is 32.0 Å². The lowest BCUT2D eigenvalue weighted by Gasteiger charge is -2.09. The minimum atomic E-state index is -0.661. The van der Waals surface area contributed by atoms with Crippen molar-refractivity contribution in [2.75, 3.05) is 13.2 Å².